The van der Waals surface area contributed by atoms with E-state index in [2.05, 4.69) is 26.2 Å². The molecule has 3 aromatic rings. The number of tetrazole rings is 1. The second kappa shape index (κ2) is 8.59. The van der Waals surface area contributed by atoms with Gasteiger partial charge in [0.1, 0.15) is 11.9 Å². The topological polar surface area (TPSA) is 102 Å². The van der Waals surface area contributed by atoms with E-state index in [9.17, 15) is 14.0 Å². The molecule has 150 valence electrons. The second-order valence-corrected chi connectivity index (χ2v) is 6.87. The highest BCUT2D eigenvalue weighted by Gasteiger charge is 2.26. The van der Waals surface area contributed by atoms with Crippen molar-refractivity contribution in [2.75, 3.05) is 5.32 Å². The molecule has 2 N–H and O–H groups in total. The maximum atomic E-state index is 13.9. The maximum Gasteiger partial charge on any atom is 0.254 e. The Labute approximate surface area is 167 Å². The molecule has 0 radical (unpaired) electrons. The van der Waals surface area contributed by atoms with E-state index in [0.29, 0.717) is 11.5 Å². The molecule has 1 heterocycles. The minimum absolute atomic E-state index is 0.109. The van der Waals surface area contributed by atoms with Gasteiger partial charge in [-0.25, -0.2) is 9.07 Å². The zero-order valence-electron chi connectivity index (χ0n) is 16.3. The zero-order chi connectivity index (χ0) is 21.0. The van der Waals surface area contributed by atoms with E-state index in [-0.39, 0.29) is 11.5 Å². The Morgan fingerprint density at radius 1 is 1.10 bits per heavy atom. The lowest BCUT2D eigenvalue weighted by atomic mass is 10.0. The number of amides is 2. The number of halogens is 1. The summed E-state index contributed by atoms with van der Waals surface area (Å²) >= 11 is 0. The van der Waals surface area contributed by atoms with Gasteiger partial charge in [0.15, 0.2) is 5.82 Å². The molecule has 1 aromatic heterocycles. The number of nitrogens with one attached hydrogen (secondary N) is 2. The standard InChI is InChI=1S/C20H21FN6O2/c1-12(2)17(23-19(28)15-9-4-5-10-16(15)21)20(29)22-14-8-6-7-13(11-14)18-24-25-26-27(18)3/h4-12,17H,1-3H3,(H,22,29)(H,23,28). The number of hydrogen-bond acceptors (Lipinski definition) is 5. The summed E-state index contributed by atoms with van der Waals surface area (Å²) in [5, 5.41) is 16.8. The first-order valence-corrected chi connectivity index (χ1v) is 9.06. The van der Waals surface area contributed by atoms with Crippen LogP contribution in [0.3, 0.4) is 0 Å². The van der Waals surface area contributed by atoms with E-state index < -0.39 is 23.7 Å². The molecule has 0 fully saturated rings. The average Bonchev–Trinajstić information content (AvgIpc) is 3.12. The third-order valence-corrected chi connectivity index (χ3v) is 4.36. The van der Waals surface area contributed by atoms with Gasteiger partial charge in [-0.15, -0.1) is 5.10 Å². The lowest BCUT2D eigenvalue weighted by Crippen LogP contribution is -2.47. The molecule has 0 saturated heterocycles. The van der Waals surface area contributed by atoms with Crippen LogP contribution < -0.4 is 10.6 Å². The first kappa shape index (κ1) is 20.1. The van der Waals surface area contributed by atoms with Crippen molar-refractivity contribution < 1.29 is 14.0 Å². The third kappa shape index (κ3) is 4.63. The van der Waals surface area contributed by atoms with Crippen molar-refractivity contribution in [2.45, 2.75) is 19.9 Å². The third-order valence-electron chi connectivity index (χ3n) is 4.36. The number of aromatic nitrogens is 4. The number of rotatable bonds is 6. The Hall–Kier alpha value is -3.62. The van der Waals surface area contributed by atoms with E-state index >= 15 is 0 Å². The molecule has 0 aliphatic rings. The van der Waals surface area contributed by atoms with Gasteiger partial charge in [0, 0.05) is 18.3 Å². The summed E-state index contributed by atoms with van der Waals surface area (Å²) in [6.45, 7) is 3.60. The average molecular weight is 396 g/mol. The fourth-order valence-electron chi connectivity index (χ4n) is 2.83. The highest BCUT2D eigenvalue weighted by Crippen LogP contribution is 2.20. The maximum absolute atomic E-state index is 13.9. The van der Waals surface area contributed by atoms with Gasteiger partial charge < -0.3 is 10.6 Å². The minimum Gasteiger partial charge on any atom is -0.340 e. The molecule has 1 atom stereocenters. The van der Waals surface area contributed by atoms with E-state index in [4.69, 9.17) is 0 Å². The van der Waals surface area contributed by atoms with E-state index in [0.717, 1.165) is 5.56 Å². The van der Waals surface area contributed by atoms with Crippen LogP contribution in [0.25, 0.3) is 11.4 Å². The van der Waals surface area contributed by atoms with Crippen molar-refractivity contribution in [3.63, 3.8) is 0 Å². The van der Waals surface area contributed by atoms with E-state index in [1.807, 2.05) is 6.07 Å². The van der Waals surface area contributed by atoms with Crippen molar-refractivity contribution >= 4 is 17.5 Å². The molecule has 0 aliphatic heterocycles. The van der Waals surface area contributed by atoms with Gasteiger partial charge in [-0.05, 0) is 40.6 Å². The summed E-state index contributed by atoms with van der Waals surface area (Å²) in [6.07, 6.45) is 0. The predicted octanol–water partition coefficient (Wildman–Crippen LogP) is 2.41. The van der Waals surface area contributed by atoms with Crippen LogP contribution in [0.4, 0.5) is 10.1 Å². The summed E-state index contributed by atoms with van der Waals surface area (Å²) < 4.78 is 15.4. The second-order valence-electron chi connectivity index (χ2n) is 6.87. The molecular weight excluding hydrogens is 375 g/mol. The monoisotopic (exact) mass is 396 g/mol. The largest absolute Gasteiger partial charge is 0.340 e. The lowest BCUT2D eigenvalue weighted by molar-refractivity contribution is -0.118. The first-order chi connectivity index (χ1) is 13.9. The summed E-state index contributed by atoms with van der Waals surface area (Å²) in [6, 6.07) is 11.8. The van der Waals surface area contributed by atoms with Crippen LogP contribution >= 0.6 is 0 Å². The SMILES string of the molecule is CC(C)C(NC(=O)c1ccccc1F)C(=O)Nc1cccc(-c2nnnn2C)c1. The summed E-state index contributed by atoms with van der Waals surface area (Å²) in [5.74, 6) is -1.35. The van der Waals surface area contributed by atoms with Crippen LogP contribution in [0.1, 0.15) is 24.2 Å². The Bertz CT molecular complexity index is 1030. The number of carbonyl (C=O) groups is 2. The first-order valence-electron chi connectivity index (χ1n) is 9.06. The van der Waals surface area contributed by atoms with Crippen LogP contribution in [0, 0.1) is 11.7 Å². The lowest BCUT2D eigenvalue weighted by Gasteiger charge is -2.22. The van der Waals surface area contributed by atoms with Crippen LogP contribution in [-0.2, 0) is 11.8 Å². The number of carbonyl (C=O) groups excluding carboxylic acids is 2. The van der Waals surface area contributed by atoms with Gasteiger partial charge in [0.25, 0.3) is 5.91 Å². The predicted molar refractivity (Wildman–Crippen MR) is 105 cm³/mol. The van der Waals surface area contributed by atoms with Crippen LogP contribution in [0.2, 0.25) is 0 Å². The number of aryl methyl sites for hydroxylation is 1. The number of hydrogen-bond donors (Lipinski definition) is 2. The molecule has 0 spiro atoms. The fourth-order valence-corrected chi connectivity index (χ4v) is 2.83. The molecule has 0 saturated carbocycles. The van der Waals surface area contributed by atoms with Crippen LogP contribution in [-0.4, -0.2) is 38.1 Å². The molecule has 2 amide bonds. The van der Waals surface area contributed by atoms with Crippen LogP contribution in [0.5, 0.6) is 0 Å². The molecule has 0 bridgehead atoms. The Morgan fingerprint density at radius 3 is 2.52 bits per heavy atom. The van der Waals surface area contributed by atoms with E-state index in [1.54, 1.807) is 45.2 Å². The molecule has 8 nitrogen and oxygen atoms in total. The van der Waals surface area contributed by atoms with Crippen molar-refractivity contribution in [3.8, 4) is 11.4 Å². The van der Waals surface area contributed by atoms with Crippen molar-refractivity contribution in [2.24, 2.45) is 13.0 Å². The minimum atomic E-state index is -0.845. The van der Waals surface area contributed by atoms with Gasteiger partial charge in [-0.3, -0.25) is 9.59 Å². The number of nitrogens with zero attached hydrogens (tertiary/aromatic N) is 4. The number of anilines is 1. The molecule has 29 heavy (non-hydrogen) atoms. The molecule has 9 heteroatoms. The molecule has 1 unspecified atom stereocenters. The van der Waals surface area contributed by atoms with Crippen molar-refractivity contribution in [1.82, 2.24) is 25.5 Å². The van der Waals surface area contributed by atoms with Gasteiger partial charge in [0.05, 0.1) is 5.56 Å². The molecular formula is C20H21FN6O2. The van der Waals surface area contributed by atoms with Crippen molar-refractivity contribution in [1.29, 1.82) is 0 Å². The molecule has 3 rings (SSSR count). The van der Waals surface area contributed by atoms with Gasteiger partial charge >= 0.3 is 0 Å². The Morgan fingerprint density at radius 2 is 1.86 bits per heavy atom. The van der Waals surface area contributed by atoms with Gasteiger partial charge in [-0.1, -0.05) is 38.1 Å². The highest BCUT2D eigenvalue weighted by atomic mass is 19.1. The summed E-state index contributed by atoms with van der Waals surface area (Å²) in [5.41, 5.74) is 1.15. The van der Waals surface area contributed by atoms with Crippen LogP contribution in [0.15, 0.2) is 48.5 Å². The number of benzene rings is 2. The normalized spacial score (nSPS) is 11.9. The highest BCUT2D eigenvalue weighted by molar-refractivity contribution is 6.01. The smallest absolute Gasteiger partial charge is 0.254 e. The Balaban J connectivity index is 1.76. The molecule has 2 aromatic carbocycles. The van der Waals surface area contributed by atoms with E-state index in [1.165, 1.54) is 22.9 Å². The Kier molecular flexibility index (Phi) is 5.96. The van der Waals surface area contributed by atoms with Gasteiger partial charge in [-0.2, -0.15) is 0 Å². The van der Waals surface area contributed by atoms with Crippen molar-refractivity contribution in [3.05, 3.63) is 59.9 Å². The fraction of sp³-hybridized carbons (Fsp3) is 0.250. The molecule has 0 aliphatic carbocycles. The zero-order valence-corrected chi connectivity index (χ0v) is 16.3. The quantitative estimate of drug-likeness (QED) is 0.666. The summed E-state index contributed by atoms with van der Waals surface area (Å²) in [4.78, 5) is 25.2. The summed E-state index contributed by atoms with van der Waals surface area (Å²) in [7, 11) is 1.72. The van der Waals surface area contributed by atoms with Gasteiger partial charge in [0.2, 0.25) is 5.91 Å².